The molecule has 0 N–H and O–H groups in total. The second-order valence-corrected chi connectivity index (χ2v) is 11.3. The highest BCUT2D eigenvalue weighted by molar-refractivity contribution is 6.02. The minimum absolute atomic E-state index is 1.12. The predicted octanol–water partition coefficient (Wildman–Crippen LogP) is 11.9. The molecular formula is C42H33N. The lowest BCUT2D eigenvalue weighted by atomic mass is 9.97. The van der Waals surface area contributed by atoms with Crippen LogP contribution in [0, 0.1) is 13.8 Å². The maximum atomic E-state index is 2.41. The van der Waals surface area contributed by atoms with Gasteiger partial charge in [0.25, 0.3) is 0 Å². The first kappa shape index (κ1) is 26.5. The molecule has 1 heteroatoms. The molecule has 0 bridgehead atoms. The van der Waals surface area contributed by atoms with E-state index in [1.54, 1.807) is 0 Å². The molecule has 0 saturated carbocycles. The number of fused-ring (bicyclic) bond motifs is 1. The Hall–Kier alpha value is -5.40. The number of rotatable bonds is 6. The smallest absolute Gasteiger partial charge is 0.0546 e. The van der Waals surface area contributed by atoms with Crippen LogP contribution in [-0.2, 0) is 0 Å². The van der Waals surface area contributed by atoms with Gasteiger partial charge in [-0.25, -0.2) is 0 Å². The van der Waals surface area contributed by atoms with E-state index >= 15 is 0 Å². The van der Waals surface area contributed by atoms with Crippen molar-refractivity contribution in [2.45, 2.75) is 13.8 Å². The number of nitrogens with zero attached hydrogens (tertiary/aromatic N) is 1. The fraction of sp³-hybridized carbons (Fsp3) is 0.0476. The summed E-state index contributed by atoms with van der Waals surface area (Å²) in [6.07, 6.45) is 0. The molecule has 43 heavy (non-hydrogen) atoms. The lowest BCUT2D eigenvalue weighted by molar-refractivity contribution is 1.30. The summed E-state index contributed by atoms with van der Waals surface area (Å²) >= 11 is 0. The molecule has 7 rings (SSSR count). The van der Waals surface area contributed by atoms with Crippen LogP contribution in [0.5, 0.6) is 0 Å². The number of benzene rings is 7. The third kappa shape index (κ3) is 5.46. The lowest BCUT2D eigenvalue weighted by Gasteiger charge is -2.28. The molecule has 7 aromatic carbocycles. The highest BCUT2D eigenvalue weighted by Crippen LogP contribution is 2.43. The molecule has 0 heterocycles. The molecule has 0 aliphatic carbocycles. The normalized spacial score (nSPS) is 11.0. The maximum Gasteiger partial charge on any atom is 0.0546 e. The molecule has 0 aromatic heterocycles. The fourth-order valence-electron chi connectivity index (χ4n) is 6.10. The summed E-state index contributed by atoms with van der Waals surface area (Å²) in [5.41, 5.74) is 13.2. The first-order valence-corrected chi connectivity index (χ1v) is 14.8. The van der Waals surface area contributed by atoms with Crippen molar-refractivity contribution in [1.29, 1.82) is 0 Å². The lowest BCUT2D eigenvalue weighted by Crippen LogP contribution is -2.11. The van der Waals surface area contributed by atoms with E-state index in [0.717, 1.165) is 17.1 Å². The van der Waals surface area contributed by atoms with Gasteiger partial charge in [-0.2, -0.15) is 0 Å². The monoisotopic (exact) mass is 551 g/mol. The van der Waals surface area contributed by atoms with E-state index in [-0.39, 0.29) is 0 Å². The van der Waals surface area contributed by atoms with Crippen molar-refractivity contribution < 1.29 is 0 Å². The molecule has 1 nitrogen and oxygen atoms in total. The van der Waals surface area contributed by atoms with E-state index in [0.29, 0.717) is 0 Å². The van der Waals surface area contributed by atoms with Crippen LogP contribution < -0.4 is 4.90 Å². The van der Waals surface area contributed by atoms with Crippen molar-refractivity contribution in [3.63, 3.8) is 0 Å². The van der Waals surface area contributed by atoms with Gasteiger partial charge >= 0.3 is 0 Å². The molecule has 7 aromatic rings. The van der Waals surface area contributed by atoms with Gasteiger partial charge in [0, 0.05) is 16.8 Å². The Morgan fingerprint density at radius 1 is 0.349 bits per heavy atom. The second-order valence-electron chi connectivity index (χ2n) is 11.3. The fourth-order valence-corrected chi connectivity index (χ4v) is 6.10. The number of hydrogen-bond acceptors (Lipinski definition) is 1. The van der Waals surface area contributed by atoms with Crippen LogP contribution in [0.2, 0.25) is 0 Å². The van der Waals surface area contributed by atoms with Crippen molar-refractivity contribution in [3.8, 4) is 33.4 Å². The highest BCUT2D eigenvalue weighted by atomic mass is 15.1. The van der Waals surface area contributed by atoms with E-state index in [4.69, 9.17) is 0 Å². The number of anilines is 3. The zero-order valence-corrected chi connectivity index (χ0v) is 24.5. The van der Waals surface area contributed by atoms with Gasteiger partial charge in [-0.05, 0) is 89.0 Å². The Morgan fingerprint density at radius 2 is 0.907 bits per heavy atom. The SMILES string of the molecule is Cc1cc(C)cc(-c2cccc(N(c3ccc(-c4ccccc4)cc3)c3cc(-c4ccccc4)cc4ccccc34)c2)c1. The molecular weight excluding hydrogens is 518 g/mol. The topological polar surface area (TPSA) is 3.24 Å². The summed E-state index contributed by atoms with van der Waals surface area (Å²) in [5, 5.41) is 2.43. The zero-order chi connectivity index (χ0) is 29.2. The second kappa shape index (κ2) is 11.5. The average molecular weight is 552 g/mol. The van der Waals surface area contributed by atoms with E-state index in [1.807, 2.05) is 0 Å². The largest absolute Gasteiger partial charge is 0.310 e. The quantitative estimate of drug-likeness (QED) is 0.199. The van der Waals surface area contributed by atoms with Crippen LogP contribution in [0.15, 0.2) is 164 Å². The number of hydrogen-bond donors (Lipinski definition) is 0. The summed E-state index contributed by atoms with van der Waals surface area (Å²) in [5.74, 6) is 0. The van der Waals surface area contributed by atoms with Crippen LogP contribution in [0.3, 0.4) is 0 Å². The zero-order valence-electron chi connectivity index (χ0n) is 24.5. The molecule has 0 spiro atoms. The van der Waals surface area contributed by atoms with Gasteiger partial charge in [0.1, 0.15) is 0 Å². The van der Waals surface area contributed by atoms with E-state index in [9.17, 15) is 0 Å². The molecule has 0 amide bonds. The molecule has 0 saturated heterocycles. The van der Waals surface area contributed by atoms with Crippen LogP contribution in [0.4, 0.5) is 17.1 Å². The van der Waals surface area contributed by atoms with E-state index in [2.05, 4.69) is 183 Å². The maximum absolute atomic E-state index is 2.41. The van der Waals surface area contributed by atoms with E-state index < -0.39 is 0 Å². The Bertz CT molecular complexity index is 2000. The Morgan fingerprint density at radius 3 is 1.60 bits per heavy atom. The third-order valence-corrected chi connectivity index (χ3v) is 8.08. The molecule has 0 aliphatic heterocycles. The molecule has 0 fully saturated rings. The summed E-state index contributed by atoms with van der Waals surface area (Å²) in [6, 6.07) is 59.3. The van der Waals surface area contributed by atoms with Gasteiger partial charge < -0.3 is 4.90 Å². The molecule has 0 radical (unpaired) electrons. The van der Waals surface area contributed by atoms with Crippen molar-refractivity contribution in [2.24, 2.45) is 0 Å². The molecule has 206 valence electrons. The van der Waals surface area contributed by atoms with Crippen LogP contribution in [0.1, 0.15) is 11.1 Å². The number of aryl methyl sites for hydroxylation is 2. The Balaban J connectivity index is 1.45. The van der Waals surface area contributed by atoms with Crippen LogP contribution >= 0.6 is 0 Å². The van der Waals surface area contributed by atoms with Gasteiger partial charge in [-0.15, -0.1) is 0 Å². The minimum atomic E-state index is 1.12. The molecule has 0 aliphatic rings. The van der Waals surface area contributed by atoms with Gasteiger partial charge in [0.05, 0.1) is 5.69 Å². The molecule has 0 atom stereocenters. The Kier molecular flexibility index (Phi) is 7.07. The summed E-state index contributed by atoms with van der Waals surface area (Å²) in [4.78, 5) is 2.41. The summed E-state index contributed by atoms with van der Waals surface area (Å²) in [6.45, 7) is 4.34. The standard InChI is InChI=1S/C42H33N/c1-30-24-31(2)26-37(25-30)35-17-11-18-40(28-35)43(39-22-20-34(21-23-39)32-12-5-3-6-13-32)42-29-38(33-14-7-4-8-15-33)27-36-16-9-10-19-41(36)42/h3-29H,1-2H3. The van der Waals surface area contributed by atoms with Gasteiger partial charge in [0.2, 0.25) is 0 Å². The first-order valence-electron chi connectivity index (χ1n) is 14.8. The van der Waals surface area contributed by atoms with Crippen molar-refractivity contribution >= 4 is 27.8 Å². The van der Waals surface area contributed by atoms with Crippen LogP contribution in [-0.4, -0.2) is 0 Å². The van der Waals surface area contributed by atoms with Gasteiger partial charge in [-0.3, -0.25) is 0 Å². The summed E-state index contributed by atoms with van der Waals surface area (Å²) < 4.78 is 0. The van der Waals surface area contributed by atoms with Crippen LogP contribution in [0.25, 0.3) is 44.2 Å². The van der Waals surface area contributed by atoms with Gasteiger partial charge in [-0.1, -0.05) is 139 Å². The first-order chi connectivity index (χ1) is 21.1. The van der Waals surface area contributed by atoms with Crippen molar-refractivity contribution in [1.82, 2.24) is 0 Å². The molecule has 0 unspecified atom stereocenters. The third-order valence-electron chi connectivity index (χ3n) is 8.08. The van der Waals surface area contributed by atoms with E-state index in [1.165, 1.54) is 55.3 Å². The Labute approximate surface area is 254 Å². The minimum Gasteiger partial charge on any atom is -0.310 e. The highest BCUT2D eigenvalue weighted by Gasteiger charge is 2.18. The van der Waals surface area contributed by atoms with Crippen molar-refractivity contribution in [3.05, 3.63) is 175 Å². The summed E-state index contributed by atoms with van der Waals surface area (Å²) in [7, 11) is 0. The van der Waals surface area contributed by atoms with Crippen molar-refractivity contribution in [2.75, 3.05) is 4.90 Å². The average Bonchev–Trinajstić information content (AvgIpc) is 3.06. The van der Waals surface area contributed by atoms with Gasteiger partial charge in [0.15, 0.2) is 0 Å². The predicted molar refractivity (Wildman–Crippen MR) is 184 cm³/mol.